The van der Waals surface area contributed by atoms with Gasteiger partial charge in [0.2, 0.25) is 5.24 Å². The smallest absolute Gasteiger partial charge is 0.237 e. The molecule has 18 heavy (non-hydrogen) atoms. The van der Waals surface area contributed by atoms with E-state index < -0.39 is 4.75 Å². The molecule has 0 aliphatic heterocycles. The lowest BCUT2D eigenvalue weighted by Gasteiger charge is -2.17. The molecule has 1 nitrogen and oxygen atoms in total. The molecule has 0 saturated carbocycles. The number of thiol groups is 1. The lowest BCUT2D eigenvalue weighted by Crippen LogP contribution is -2.24. The Bertz CT molecular complexity index is 217. The summed E-state index contributed by atoms with van der Waals surface area (Å²) in [7, 11) is 0. The van der Waals surface area contributed by atoms with Crippen LogP contribution in [-0.4, -0.2) is 9.99 Å². The van der Waals surface area contributed by atoms with E-state index in [9.17, 15) is 4.79 Å². The maximum absolute atomic E-state index is 11.0. The van der Waals surface area contributed by atoms with Gasteiger partial charge in [0.25, 0.3) is 0 Å². The number of rotatable bonds is 12. The predicted octanol–water partition coefficient (Wildman–Crippen LogP) is 5.75. The van der Waals surface area contributed by atoms with Crippen LogP contribution in [0.5, 0.6) is 0 Å². The lowest BCUT2D eigenvalue weighted by molar-refractivity contribution is -0.113. The summed E-state index contributed by atoms with van der Waals surface area (Å²) in [6.45, 7) is 4.06. The molecule has 0 rings (SSSR count). The summed E-state index contributed by atoms with van der Waals surface area (Å²) in [5, 5.41) is -0.332. The van der Waals surface area contributed by atoms with Gasteiger partial charge in [-0.25, -0.2) is 0 Å². The van der Waals surface area contributed by atoms with Crippen molar-refractivity contribution in [3.63, 3.8) is 0 Å². The molecule has 0 spiro atoms. The second kappa shape index (κ2) is 11.2. The molecule has 0 amide bonds. The highest BCUT2D eigenvalue weighted by molar-refractivity contribution is 7.83. The van der Waals surface area contributed by atoms with E-state index in [4.69, 9.17) is 11.6 Å². The van der Waals surface area contributed by atoms with Gasteiger partial charge in [0.15, 0.2) is 0 Å². The average Bonchev–Trinajstić information content (AvgIpc) is 2.31. The van der Waals surface area contributed by atoms with Gasteiger partial charge in [0, 0.05) is 0 Å². The van der Waals surface area contributed by atoms with Crippen molar-refractivity contribution in [2.75, 3.05) is 0 Å². The van der Waals surface area contributed by atoms with Crippen molar-refractivity contribution in [1.82, 2.24) is 0 Å². The van der Waals surface area contributed by atoms with E-state index in [0.717, 1.165) is 12.8 Å². The Kier molecular flexibility index (Phi) is 11.4. The van der Waals surface area contributed by atoms with Crippen molar-refractivity contribution in [2.24, 2.45) is 0 Å². The first kappa shape index (κ1) is 18.3. The molecule has 0 N–H and O–H groups in total. The molecular formula is C15H29ClOS. The van der Waals surface area contributed by atoms with Crippen LogP contribution in [-0.2, 0) is 4.79 Å². The summed E-state index contributed by atoms with van der Waals surface area (Å²) in [6.07, 6.45) is 13.8. The Balaban J connectivity index is 3.24. The molecule has 1 atom stereocenters. The molecule has 0 bridgehead atoms. The van der Waals surface area contributed by atoms with E-state index in [1.54, 1.807) is 6.92 Å². The van der Waals surface area contributed by atoms with Gasteiger partial charge in [-0.3, -0.25) is 4.79 Å². The Labute approximate surface area is 123 Å². The maximum Gasteiger partial charge on any atom is 0.237 e. The zero-order chi connectivity index (χ0) is 13.9. The molecule has 3 heteroatoms. The van der Waals surface area contributed by atoms with Gasteiger partial charge in [-0.1, -0.05) is 71.1 Å². The van der Waals surface area contributed by atoms with Crippen LogP contribution in [0.1, 0.15) is 84.5 Å². The quantitative estimate of drug-likeness (QED) is 0.275. The third-order valence-corrected chi connectivity index (χ3v) is 4.42. The number of hydrogen-bond donors (Lipinski definition) is 1. The summed E-state index contributed by atoms with van der Waals surface area (Å²) in [5.41, 5.74) is 0. The zero-order valence-electron chi connectivity index (χ0n) is 12.0. The molecule has 0 heterocycles. The van der Waals surface area contributed by atoms with E-state index in [0.29, 0.717) is 0 Å². The van der Waals surface area contributed by atoms with Gasteiger partial charge in [-0.2, -0.15) is 12.6 Å². The van der Waals surface area contributed by atoms with Crippen molar-refractivity contribution in [1.29, 1.82) is 0 Å². The zero-order valence-corrected chi connectivity index (χ0v) is 13.7. The second-order valence-electron chi connectivity index (χ2n) is 5.48. The summed E-state index contributed by atoms with van der Waals surface area (Å²) in [5.74, 6) is 0. The first-order valence-electron chi connectivity index (χ1n) is 7.43. The Morgan fingerprint density at radius 2 is 1.33 bits per heavy atom. The average molecular weight is 293 g/mol. The van der Waals surface area contributed by atoms with Crippen LogP contribution in [0.2, 0.25) is 0 Å². The van der Waals surface area contributed by atoms with Gasteiger partial charge < -0.3 is 0 Å². The van der Waals surface area contributed by atoms with Gasteiger partial charge in [0.05, 0.1) is 4.75 Å². The van der Waals surface area contributed by atoms with Crippen molar-refractivity contribution in [2.45, 2.75) is 89.2 Å². The van der Waals surface area contributed by atoms with Crippen molar-refractivity contribution >= 4 is 29.5 Å². The molecule has 108 valence electrons. The number of carbonyl (C=O) groups is 1. The molecule has 0 aliphatic carbocycles. The molecule has 0 aliphatic rings. The predicted molar refractivity (Wildman–Crippen MR) is 84.7 cm³/mol. The van der Waals surface area contributed by atoms with Gasteiger partial charge in [0.1, 0.15) is 0 Å². The number of unbranched alkanes of at least 4 members (excludes halogenated alkanes) is 9. The molecule has 0 aromatic heterocycles. The van der Waals surface area contributed by atoms with Crippen molar-refractivity contribution in [3.8, 4) is 0 Å². The van der Waals surface area contributed by atoms with Crippen molar-refractivity contribution in [3.05, 3.63) is 0 Å². The fourth-order valence-electron chi connectivity index (χ4n) is 2.05. The van der Waals surface area contributed by atoms with Crippen LogP contribution >= 0.6 is 24.2 Å². The standard InChI is InChI=1S/C15H29ClOS/c1-3-4-5-6-7-8-9-10-11-12-13-15(2,18)14(16)17/h18H,3-13H2,1-2H3. The highest BCUT2D eigenvalue weighted by Gasteiger charge is 2.25. The Morgan fingerprint density at radius 1 is 0.944 bits per heavy atom. The normalized spacial score (nSPS) is 14.4. The summed E-state index contributed by atoms with van der Waals surface area (Å²) in [6, 6.07) is 0. The van der Waals surface area contributed by atoms with Crippen LogP contribution in [0.3, 0.4) is 0 Å². The van der Waals surface area contributed by atoms with E-state index in [2.05, 4.69) is 19.6 Å². The van der Waals surface area contributed by atoms with E-state index in [-0.39, 0.29) is 5.24 Å². The second-order valence-corrected chi connectivity index (χ2v) is 6.81. The monoisotopic (exact) mass is 292 g/mol. The maximum atomic E-state index is 11.0. The van der Waals surface area contributed by atoms with Crippen LogP contribution in [0, 0.1) is 0 Å². The topological polar surface area (TPSA) is 17.1 Å². The third kappa shape index (κ3) is 10.3. The fraction of sp³-hybridized carbons (Fsp3) is 0.933. The summed E-state index contributed by atoms with van der Waals surface area (Å²) < 4.78 is -0.637. The molecular weight excluding hydrogens is 264 g/mol. The number of carbonyl (C=O) groups excluding carboxylic acids is 1. The first-order valence-corrected chi connectivity index (χ1v) is 8.25. The van der Waals surface area contributed by atoms with Crippen LogP contribution < -0.4 is 0 Å². The van der Waals surface area contributed by atoms with E-state index >= 15 is 0 Å². The highest BCUT2D eigenvalue weighted by atomic mass is 35.5. The van der Waals surface area contributed by atoms with Gasteiger partial charge in [-0.15, -0.1) is 0 Å². The fourth-order valence-corrected chi connectivity index (χ4v) is 2.31. The molecule has 0 fully saturated rings. The molecule has 1 unspecified atom stereocenters. The lowest BCUT2D eigenvalue weighted by atomic mass is 10.0. The minimum absolute atomic E-state index is 0.332. The molecule has 0 saturated heterocycles. The highest BCUT2D eigenvalue weighted by Crippen LogP contribution is 2.25. The largest absolute Gasteiger partial charge is 0.280 e. The van der Waals surface area contributed by atoms with Gasteiger partial charge >= 0.3 is 0 Å². The Hall–Kier alpha value is 0.310. The first-order chi connectivity index (χ1) is 8.50. The van der Waals surface area contributed by atoms with Crippen molar-refractivity contribution < 1.29 is 4.79 Å². The minimum Gasteiger partial charge on any atom is -0.280 e. The molecule has 0 aromatic carbocycles. The summed E-state index contributed by atoms with van der Waals surface area (Å²) >= 11 is 9.77. The van der Waals surface area contributed by atoms with E-state index in [1.165, 1.54) is 57.8 Å². The summed E-state index contributed by atoms with van der Waals surface area (Å²) in [4.78, 5) is 11.0. The number of halogens is 1. The SMILES string of the molecule is CCCCCCCCCCCCC(C)(S)C(=O)Cl. The van der Waals surface area contributed by atoms with Crippen LogP contribution in [0.15, 0.2) is 0 Å². The number of hydrogen-bond acceptors (Lipinski definition) is 2. The van der Waals surface area contributed by atoms with E-state index in [1.807, 2.05) is 0 Å². The molecule has 0 radical (unpaired) electrons. The third-order valence-electron chi connectivity index (χ3n) is 3.44. The minimum atomic E-state index is -0.637. The van der Waals surface area contributed by atoms with Crippen LogP contribution in [0.4, 0.5) is 0 Å². The van der Waals surface area contributed by atoms with Crippen LogP contribution in [0.25, 0.3) is 0 Å². The van der Waals surface area contributed by atoms with Gasteiger partial charge in [-0.05, 0) is 24.9 Å². The molecule has 0 aromatic rings. The Morgan fingerprint density at radius 3 is 1.72 bits per heavy atom.